The predicted molar refractivity (Wildman–Crippen MR) is 72.0 cm³/mol. The summed E-state index contributed by atoms with van der Waals surface area (Å²) < 4.78 is 23.9. The zero-order chi connectivity index (χ0) is 13.3. The monoisotopic (exact) mass is 264 g/mol. The highest BCUT2D eigenvalue weighted by Crippen LogP contribution is 2.13. The van der Waals surface area contributed by atoms with Crippen LogP contribution in [0.25, 0.3) is 0 Å². The van der Waals surface area contributed by atoms with E-state index in [0.29, 0.717) is 9.79 Å². The molecule has 0 aromatic heterocycles. The fourth-order valence-electron chi connectivity index (χ4n) is 1.77. The average Bonchev–Trinajstić information content (AvgIpc) is 2.38. The third-order valence-corrected chi connectivity index (χ3v) is 4.07. The van der Waals surface area contributed by atoms with Crippen molar-refractivity contribution in [2.45, 2.75) is 13.3 Å². The van der Waals surface area contributed by atoms with Gasteiger partial charge in [0.2, 0.25) is 0 Å². The largest absolute Gasteiger partial charge is 0.484 e. The molecule has 94 valence electrons. The summed E-state index contributed by atoms with van der Waals surface area (Å²) in [7, 11) is -5.09. The summed E-state index contributed by atoms with van der Waals surface area (Å²) in [5.41, 5.74) is 2.36. The zero-order valence-electron chi connectivity index (χ0n) is 9.94. The Balaban J connectivity index is 2.47. The van der Waals surface area contributed by atoms with Crippen molar-refractivity contribution >= 4 is 28.8 Å². The molecule has 2 rings (SSSR count). The number of hydrogen-bond donors (Lipinski definition) is 1. The SMILES string of the molecule is C=CS(=O)(=O)N1N=Cc2cc(CC)ccc2B1O. The number of sulfonamides is 1. The van der Waals surface area contributed by atoms with Gasteiger partial charge in [-0.1, -0.05) is 31.7 Å². The molecule has 1 aromatic rings. The minimum Gasteiger partial charge on any atom is -0.427 e. The number of nitrogens with zero attached hydrogens (tertiary/aromatic N) is 2. The van der Waals surface area contributed by atoms with Crippen molar-refractivity contribution in [1.29, 1.82) is 0 Å². The van der Waals surface area contributed by atoms with Gasteiger partial charge in [0.1, 0.15) is 0 Å². The second-order valence-electron chi connectivity index (χ2n) is 3.92. The molecule has 1 aliphatic rings. The zero-order valence-corrected chi connectivity index (χ0v) is 10.8. The lowest BCUT2D eigenvalue weighted by molar-refractivity contribution is 0.481. The van der Waals surface area contributed by atoms with Crippen molar-refractivity contribution in [3.8, 4) is 0 Å². The summed E-state index contributed by atoms with van der Waals surface area (Å²) in [6.45, 7) is 5.23. The van der Waals surface area contributed by atoms with Gasteiger partial charge in [-0.2, -0.15) is 9.43 Å². The van der Waals surface area contributed by atoms with E-state index in [1.54, 1.807) is 6.07 Å². The molecule has 18 heavy (non-hydrogen) atoms. The molecular weight excluding hydrogens is 251 g/mol. The van der Waals surface area contributed by atoms with Gasteiger partial charge in [-0.15, -0.1) is 0 Å². The van der Waals surface area contributed by atoms with Crippen LogP contribution in [0.4, 0.5) is 0 Å². The van der Waals surface area contributed by atoms with E-state index in [1.165, 1.54) is 6.21 Å². The number of fused-ring (bicyclic) bond motifs is 1. The van der Waals surface area contributed by atoms with E-state index in [2.05, 4.69) is 11.7 Å². The van der Waals surface area contributed by atoms with Crippen molar-refractivity contribution in [1.82, 2.24) is 4.33 Å². The maximum absolute atomic E-state index is 11.6. The van der Waals surface area contributed by atoms with Gasteiger partial charge in [0.05, 0.1) is 6.21 Å². The Kier molecular flexibility index (Phi) is 3.27. The summed E-state index contributed by atoms with van der Waals surface area (Å²) >= 11 is 0. The van der Waals surface area contributed by atoms with Gasteiger partial charge < -0.3 is 5.02 Å². The lowest BCUT2D eigenvalue weighted by Gasteiger charge is -2.24. The van der Waals surface area contributed by atoms with Crippen LogP contribution in [0.1, 0.15) is 18.1 Å². The third kappa shape index (κ3) is 2.06. The summed E-state index contributed by atoms with van der Waals surface area (Å²) in [5, 5.41) is 14.6. The van der Waals surface area contributed by atoms with Gasteiger partial charge in [0, 0.05) is 5.41 Å². The van der Waals surface area contributed by atoms with Gasteiger partial charge in [0.15, 0.2) is 0 Å². The van der Waals surface area contributed by atoms with E-state index in [1.807, 2.05) is 19.1 Å². The van der Waals surface area contributed by atoms with Gasteiger partial charge in [-0.3, -0.25) is 0 Å². The Morgan fingerprint density at radius 2 is 2.28 bits per heavy atom. The lowest BCUT2D eigenvalue weighted by Crippen LogP contribution is -2.51. The Morgan fingerprint density at radius 1 is 1.56 bits per heavy atom. The van der Waals surface area contributed by atoms with E-state index in [-0.39, 0.29) is 0 Å². The van der Waals surface area contributed by atoms with Crippen LogP contribution < -0.4 is 5.46 Å². The van der Waals surface area contributed by atoms with Gasteiger partial charge in [-0.25, -0.2) is 8.42 Å². The van der Waals surface area contributed by atoms with Crippen LogP contribution >= 0.6 is 0 Å². The van der Waals surface area contributed by atoms with Crippen LogP contribution in [-0.2, 0) is 16.4 Å². The van der Waals surface area contributed by atoms with Crippen molar-refractivity contribution in [2.24, 2.45) is 5.10 Å². The van der Waals surface area contributed by atoms with Crippen molar-refractivity contribution in [3.05, 3.63) is 41.3 Å². The highest BCUT2D eigenvalue weighted by Gasteiger charge is 2.35. The second kappa shape index (κ2) is 4.58. The average molecular weight is 264 g/mol. The predicted octanol–water partition coefficient (Wildman–Crippen LogP) is 0.0593. The molecule has 0 unspecified atom stereocenters. The second-order valence-corrected chi connectivity index (χ2v) is 5.66. The summed E-state index contributed by atoms with van der Waals surface area (Å²) in [5.74, 6) is 0. The molecule has 0 amide bonds. The Bertz CT molecular complexity index is 613. The van der Waals surface area contributed by atoms with Gasteiger partial charge in [-0.05, 0) is 23.0 Å². The molecule has 5 nitrogen and oxygen atoms in total. The van der Waals surface area contributed by atoms with Gasteiger partial charge >= 0.3 is 7.05 Å². The van der Waals surface area contributed by atoms with Crippen molar-refractivity contribution in [2.75, 3.05) is 0 Å². The molecule has 0 radical (unpaired) electrons. The molecule has 1 N–H and O–H groups in total. The molecular formula is C11H13BN2O3S. The normalized spacial score (nSPS) is 14.6. The molecule has 0 aliphatic carbocycles. The van der Waals surface area contributed by atoms with E-state index in [0.717, 1.165) is 23.0 Å². The summed E-state index contributed by atoms with van der Waals surface area (Å²) in [6.07, 6.45) is 2.30. The van der Waals surface area contributed by atoms with Crippen molar-refractivity contribution in [3.63, 3.8) is 0 Å². The molecule has 1 aliphatic heterocycles. The van der Waals surface area contributed by atoms with Crippen LogP contribution in [0.2, 0.25) is 0 Å². The highest BCUT2D eigenvalue weighted by atomic mass is 32.2. The Morgan fingerprint density at radius 3 is 2.89 bits per heavy atom. The van der Waals surface area contributed by atoms with Crippen molar-refractivity contribution < 1.29 is 13.4 Å². The summed E-state index contributed by atoms with van der Waals surface area (Å²) in [6, 6.07) is 5.47. The number of rotatable bonds is 3. The van der Waals surface area contributed by atoms with Crippen LogP contribution in [-0.4, -0.2) is 31.0 Å². The van der Waals surface area contributed by atoms with Crippen LogP contribution in [0, 0.1) is 0 Å². The van der Waals surface area contributed by atoms with Gasteiger partial charge in [0.25, 0.3) is 10.0 Å². The Hall–Kier alpha value is -1.60. The van der Waals surface area contributed by atoms with E-state index in [4.69, 9.17) is 0 Å². The maximum Gasteiger partial charge on any atom is 0.484 e. The lowest BCUT2D eigenvalue weighted by atomic mass is 9.71. The quantitative estimate of drug-likeness (QED) is 0.785. The Labute approximate surface area is 107 Å². The van der Waals surface area contributed by atoms with Crippen LogP contribution in [0.5, 0.6) is 0 Å². The minimum absolute atomic E-state index is 0.521. The standard InChI is InChI=1S/C11H13BN2O3S/c1-3-9-5-6-11-10(7-9)8-13-14(12(11)15)18(16,17)4-2/h4-8,15H,2-3H2,1H3. The topological polar surface area (TPSA) is 70.0 Å². The molecule has 0 saturated heterocycles. The fraction of sp³-hybridized carbons (Fsp3) is 0.182. The molecule has 1 heterocycles. The molecule has 0 atom stereocenters. The maximum atomic E-state index is 11.6. The fourth-order valence-corrected chi connectivity index (χ4v) is 2.50. The first kappa shape index (κ1) is 12.9. The minimum atomic E-state index is -3.78. The third-order valence-electron chi connectivity index (χ3n) is 2.83. The molecule has 0 spiro atoms. The number of hydrazone groups is 1. The molecule has 7 heteroatoms. The first-order chi connectivity index (χ1) is 8.49. The van der Waals surface area contributed by atoms with E-state index >= 15 is 0 Å². The molecule has 1 aromatic carbocycles. The molecule has 0 saturated carbocycles. The number of hydrogen-bond acceptors (Lipinski definition) is 4. The molecule has 0 fully saturated rings. The number of benzene rings is 1. The number of aryl methyl sites for hydroxylation is 1. The van der Waals surface area contributed by atoms with Crippen LogP contribution in [0.15, 0.2) is 35.3 Å². The van der Waals surface area contributed by atoms with Crippen LogP contribution in [0.3, 0.4) is 0 Å². The smallest absolute Gasteiger partial charge is 0.427 e. The van der Waals surface area contributed by atoms with E-state index < -0.39 is 17.1 Å². The first-order valence-electron chi connectivity index (χ1n) is 5.51. The van der Waals surface area contributed by atoms with E-state index in [9.17, 15) is 13.4 Å². The molecule has 0 bridgehead atoms. The first-order valence-corrected chi connectivity index (χ1v) is 7.01. The summed E-state index contributed by atoms with van der Waals surface area (Å²) in [4.78, 5) is 0. The highest BCUT2D eigenvalue weighted by molar-refractivity contribution is 7.93.